The number of hydrogen-bond donors (Lipinski definition) is 2. The summed E-state index contributed by atoms with van der Waals surface area (Å²) in [5.74, 6) is -0.281. The highest BCUT2D eigenvalue weighted by atomic mass is 16.6. The van der Waals surface area contributed by atoms with Crippen molar-refractivity contribution in [1.29, 1.82) is 0 Å². The Morgan fingerprint density at radius 3 is 1.27 bits per heavy atom. The number of fused-ring (bicyclic) bond motifs is 4. The van der Waals surface area contributed by atoms with E-state index in [4.69, 9.17) is 15.2 Å². The van der Waals surface area contributed by atoms with Crippen LogP contribution < -0.4 is 21.7 Å². The van der Waals surface area contributed by atoms with Crippen molar-refractivity contribution in [2.24, 2.45) is 5.73 Å². The first-order chi connectivity index (χ1) is 34.7. The van der Waals surface area contributed by atoms with Crippen LogP contribution in [-0.2, 0) is 29.9 Å². The van der Waals surface area contributed by atoms with Gasteiger partial charge in [0, 0.05) is 95.6 Å². The van der Waals surface area contributed by atoms with E-state index in [0.29, 0.717) is 37.4 Å². The van der Waals surface area contributed by atoms with Crippen molar-refractivity contribution in [3.05, 3.63) is 107 Å². The van der Waals surface area contributed by atoms with E-state index in [2.05, 4.69) is 77.4 Å². The summed E-state index contributed by atoms with van der Waals surface area (Å²) in [6, 6.07) is 29.8. The predicted octanol–water partition coefficient (Wildman–Crippen LogP) is 9.41. The van der Waals surface area contributed by atoms with Crippen LogP contribution in [0.15, 0.2) is 84.9 Å². The number of piperidine rings is 4. The molecule has 15 heteroatoms. The summed E-state index contributed by atoms with van der Waals surface area (Å²) in [5.41, 5.74) is 16.1. The van der Waals surface area contributed by atoms with E-state index in [-0.39, 0.29) is 43.8 Å². The molecule has 5 N–H and O–H groups in total. The smallest absolute Gasteiger partial charge is 0.409 e. The first-order valence-electron chi connectivity index (χ1n) is 26.4. The first-order valence-corrected chi connectivity index (χ1v) is 26.4. The Balaban J connectivity index is 0.000000235. The van der Waals surface area contributed by atoms with Crippen LogP contribution in [-0.4, -0.2) is 140 Å². The van der Waals surface area contributed by atoms with E-state index in [0.717, 1.165) is 138 Å². The first kappa shape index (κ1) is 53.0. The molecular formula is C58H80N8O7. The van der Waals surface area contributed by atoms with Gasteiger partial charge >= 0.3 is 12.2 Å². The number of para-hydroxylation sites is 2. The molecule has 4 saturated heterocycles. The van der Waals surface area contributed by atoms with Gasteiger partial charge in [-0.2, -0.15) is 0 Å². The highest BCUT2D eigenvalue weighted by Gasteiger charge is 2.49. The summed E-state index contributed by atoms with van der Waals surface area (Å²) in [6.45, 7) is 18.5. The van der Waals surface area contributed by atoms with Crippen LogP contribution in [0.3, 0.4) is 0 Å². The molecule has 0 aromatic heterocycles. The number of likely N-dealkylation sites (tertiary alicyclic amines) is 4. The fourth-order valence-electron chi connectivity index (χ4n) is 12.8. The summed E-state index contributed by atoms with van der Waals surface area (Å²) in [4.78, 5) is 74.1. The zero-order valence-corrected chi connectivity index (χ0v) is 43.7. The third kappa shape index (κ3) is 10.7. The van der Waals surface area contributed by atoms with Crippen LogP contribution in [0.1, 0.15) is 109 Å². The lowest BCUT2D eigenvalue weighted by molar-refractivity contribution is -0.117. The number of nitrogens with two attached hydrogens (primary N) is 1. The molecule has 4 aromatic rings. The molecule has 394 valence electrons. The third-order valence-corrected chi connectivity index (χ3v) is 16.8. The van der Waals surface area contributed by atoms with E-state index >= 15 is 0 Å². The number of nitrogens with zero attached hydrogens (tertiary/aromatic N) is 6. The van der Waals surface area contributed by atoms with Crippen LogP contribution in [0.4, 0.5) is 21.0 Å². The topological polar surface area (TPSA) is 184 Å². The Morgan fingerprint density at radius 2 is 0.932 bits per heavy atom. The van der Waals surface area contributed by atoms with Crippen LogP contribution in [0, 0.1) is 6.92 Å². The van der Waals surface area contributed by atoms with Gasteiger partial charge in [-0.3, -0.25) is 14.4 Å². The second-order valence-corrected chi connectivity index (χ2v) is 20.9. The van der Waals surface area contributed by atoms with Crippen molar-refractivity contribution in [2.45, 2.75) is 109 Å². The molecule has 4 fully saturated rings. The fraction of sp³-hybridized carbons (Fsp3) is 0.500. The number of rotatable bonds is 7. The number of aryl methyl sites for hydroxylation is 1. The Hall–Kier alpha value is -6.29. The van der Waals surface area contributed by atoms with Crippen molar-refractivity contribution in [3.63, 3.8) is 0 Å². The highest BCUT2D eigenvalue weighted by molar-refractivity contribution is 6.01. The van der Waals surface area contributed by atoms with Crippen LogP contribution in [0.25, 0.3) is 22.3 Å². The largest absolute Gasteiger partial charge is 0.450 e. The predicted molar refractivity (Wildman–Crippen MR) is 291 cm³/mol. The van der Waals surface area contributed by atoms with E-state index < -0.39 is 5.91 Å². The molecule has 0 bridgehead atoms. The monoisotopic (exact) mass is 1000 g/mol. The summed E-state index contributed by atoms with van der Waals surface area (Å²) >= 11 is 0. The van der Waals surface area contributed by atoms with Crippen molar-refractivity contribution in [1.82, 2.24) is 25.8 Å². The summed E-state index contributed by atoms with van der Waals surface area (Å²) < 4.78 is 10.3. The highest BCUT2D eigenvalue weighted by Crippen LogP contribution is 2.53. The molecule has 0 atom stereocenters. The Morgan fingerprint density at radius 1 is 0.562 bits per heavy atom. The summed E-state index contributed by atoms with van der Waals surface area (Å²) in [6.07, 6.45) is 7.64. The normalized spacial score (nSPS) is 19.6. The molecule has 4 aromatic carbocycles. The number of hydrogen-bond acceptors (Lipinski definition) is 10. The molecule has 5 amide bonds. The van der Waals surface area contributed by atoms with E-state index in [9.17, 15) is 24.0 Å². The van der Waals surface area contributed by atoms with E-state index in [1.165, 1.54) is 22.3 Å². The van der Waals surface area contributed by atoms with Gasteiger partial charge in [0.2, 0.25) is 17.7 Å². The van der Waals surface area contributed by atoms with Gasteiger partial charge in [-0.25, -0.2) is 9.59 Å². The molecule has 15 nitrogen and oxygen atoms in total. The van der Waals surface area contributed by atoms with Crippen LogP contribution in [0.2, 0.25) is 0 Å². The van der Waals surface area contributed by atoms with Gasteiger partial charge in [0.25, 0.3) is 0 Å². The standard InChI is InChI=1S/C29H36N4O4.C29H37N3O3.H3N.2H2/c1-3-37-28(36)32-15-11-23(12-16-32)31-17-13-29(14-18-31)19-33(20(2)34)26-24(5-4-6-25(26)29)21-7-9-22(10-8-21)27(30)35;1-4-35-28(34)31-16-12-24(13-17-31)30-18-14-29(15-19-30)20-32(22(3)33)27-25(6-5-7-26(27)29)23-10-8-21(2)9-11-23;;;/h4-10,23H,3,11-19H2,1-2H3,(H2,30,35);5-11,24H,4,12-20H2,1-3H3;1H3;2*1H. The molecular weight excluding hydrogens is 921 g/mol. The van der Waals surface area contributed by atoms with E-state index in [1.54, 1.807) is 26.0 Å². The van der Waals surface area contributed by atoms with Crippen molar-refractivity contribution < 1.29 is 36.3 Å². The Kier molecular flexibility index (Phi) is 16.3. The minimum Gasteiger partial charge on any atom is -0.450 e. The molecule has 0 radical (unpaired) electrons. The zero-order valence-electron chi connectivity index (χ0n) is 43.7. The third-order valence-electron chi connectivity index (χ3n) is 16.8. The average molecular weight is 1000 g/mol. The van der Waals surface area contributed by atoms with Gasteiger partial charge in [-0.1, -0.05) is 78.4 Å². The number of carbonyl (C=O) groups is 5. The van der Waals surface area contributed by atoms with Gasteiger partial charge in [0.1, 0.15) is 0 Å². The van der Waals surface area contributed by atoms with Crippen LogP contribution in [0.5, 0.6) is 0 Å². The molecule has 6 aliphatic heterocycles. The maximum atomic E-state index is 12.8. The number of benzene rings is 4. The molecule has 6 aliphatic rings. The Bertz CT molecular complexity index is 2640. The second kappa shape index (κ2) is 22.4. The lowest BCUT2D eigenvalue weighted by atomic mass is 9.73. The lowest BCUT2D eigenvalue weighted by Crippen LogP contribution is -2.52. The molecule has 6 heterocycles. The van der Waals surface area contributed by atoms with Gasteiger partial charge < -0.3 is 50.8 Å². The number of amides is 5. The number of ether oxygens (including phenoxy) is 2. The molecule has 0 unspecified atom stereocenters. The number of anilines is 2. The van der Waals surface area contributed by atoms with Gasteiger partial charge in [-0.05, 0) is 133 Å². The number of primary amides is 1. The van der Waals surface area contributed by atoms with Gasteiger partial charge in [-0.15, -0.1) is 0 Å². The van der Waals surface area contributed by atoms with Gasteiger partial charge in [0.05, 0.1) is 24.6 Å². The molecule has 10 rings (SSSR count). The van der Waals surface area contributed by atoms with Crippen molar-refractivity contribution in [2.75, 3.05) is 88.5 Å². The quantitative estimate of drug-likeness (QED) is 0.181. The zero-order chi connectivity index (χ0) is 50.7. The lowest BCUT2D eigenvalue weighted by Gasteiger charge is -2.45. The summed E-state index contributed by atoms with van der Waals surface area (Å²) in [5, 5.41) is 0. The van der Waals surface area contributed by atoms with Gasteiger partial charge in [0.15, 0.2) is 0 Å². The van der Waals surface area contributed by atoms with E-state index in [1.807, 2.05) is 45.6 Å². The molecule has 73 heavy (non-hydrogen) atoms. The summed E-state index contributed by atoms with van der Waals surface area (Å²) in [7, 11) is 0. The second-order valence-electron chi connectivity index (χ2n) is 20.9. The van der Waals surface area contributed by atoms with Crippen molar-refractivity contribution in [3.8, 4) is 22.3 Å². The maximum absolute atomic E-state index is 12.8. The average Bonchev–Trinajstić information content (AvgIpc) is 3.90. The molecule has 2 spiro atoms. The maximum Gasteiger partial charge on any atom is 0.409 e. The fourth-order valence-corrected chi connectivity index (χ4v) is 12.8. The van der Waals surface area contributed by atoms with Crippen LogP contribution >= 0.6 is 0 Å². The minimum absolute atomic E-state index is 0. The SMILES string of the molecule is CCOC(=O)N1CCC(N2CCC3(CC2)CN(C(C)=O)c2c(-c4ccc(C(N)=O)cc4)cccc23)CC1.CCOC(=O)N1CCC(N2CCC3(CC2)CN(C(C)=O)c2c(-c4ccc(C)cc4)cccc23)CC1.N.[HH].[HH]. The molecule has 0 aliphatic carbocycles. The Labute approximate surface area is 434 Å². The minimum atomic E-state index is -0.451. The molecule has 0 saturated carbocycles. The number of carbonyl (C=O) groups excluding carboxylic acids is 5. The van der Waals surface area contributed by atoms with Crippen molar-refractivity contribution >= 4 is 41.3 Å².